The van der Waals surface area contributed by atoms with Crippen LogP contribution in [0.2, 0.25) is 23.7 Å². The van der Waals surface area contributed by atoms with Crippen molar-refractivity contribution in [1.82, 2.24) is 0 Å². The van der Waals surface area contributed by atoms with Crippen molar-refractivity contribution < 1.29 is 4.79 Å². The van der Waals surface area contributed by atoms with Crippen LogP contribution in [0.25, 0.3) is 0 Å². The molecule has 0 fully saturated rings. The van der Waals surface area contributed by atoms with Gasteiger partial charge >= 0.3 is 0 Å². The van der Waals surface area contributed by atoms with Crippen LogP contribution in [0.3, 0.4) is 0 Å². The van der Waals surface area contributed by atoms with Crippen molar-refractivity contribution in [2.75, 3.05) is 0 Å². The molecule has 106 valence electrons. The van der Waals surface area contributed by atoms with Crippen molar-refractivity contribution in [2.45, 2.75) is 64.2 Å². The van der Waals surface area contributed by atoms with Gasteiger partial charge in [-0.2, -0.15) is 0 Å². The van der Waals surface area contributed by atoms with Gasteiger partial charge in [0.05, 0.1) is 8.07 Å². The fourth-order valence-corrected chi connectivity index (χ4v) is 5.31. The Morgan fingerprint density at radius 1 is 1.16 bits per heavy atom. The van der Waals surface area contributed by atoms with Gasteiger partial charge in [-0.3, -0.25) is 4.79 Å². The molecule has 0 aromatic heterocycles. The average molecular weight is 276 g/mol. The number of hydrogen-bond donors (Lipinski definition) is 0. The number of ketones is 1. The number of benzene rings is 1. The molecule has 0 aliphatic rings. The minimum absolute atomic E-state index is 0.222. The molecule has 0 heterocycles. The molecule has 1 atom stereocenters. The standard InChI is InChI=1S/C17H28OSi/c1-7-11-15(19(5,6)17(2,3)4)16(18)14-12-9-8-10-13-14/h8-10,12-13,15H,7,11H2,1-6H3. The molecule has 0 aliphatic carbocycles. The molecule has 0 saturated carbocycles. The SMILES string of the molecule is CCCC(C(=O)c1ccccc1)[Si](C)(C)C(C)(C)C. The lowest BCUT2D eigenvalue weighted by Crippen LogP contribution is -2.45. The van der Waals surface area contributed by atoms with Crippen LogP contribution in [-0.4, -0.2) is 13.9 Å². The van der Waals surface area contributed by atoms with Gasteiger partial charge in [-0.15, -0.1) is 0 Å². The van der Waals surface area contributed by atoms with E-state index in [9.17, 15) is 4.79 Å². The Bertz CT molecular complexity index is 415. The maximum atomic E-state index is 12.9. The van der Waals surface area contributed by atoms with Crippen LogP contribution >= 0.6 is 0 Å². The van der Waals surface area contributed by atoms with Gasteiger partial charge in [-0.05, 0) is 11.5 Å². The number of hydrogen-bond acceptors (Lipinski definition) is 1. The zero-order valence-corrected chi connectivity index (χ0v) is 14.3. The molecule has 0 amide bonds. The summed E-state index contributed by atoms with van der Waals surface area (Å²) >= 11 is 0. The molecule has 1 aromatic rings. The van der Waals surface area contributed by atoms with E-state index in [0.717, 1.165) is 18.4 Å². The molecule has 1 unspecified atom stereocenters. The Hall–Kier alpha value is -0.893. The van der Waals surface area contributed by atoms with Gasteiger partial charge in [0.25, 0.3) is 0 Å². The van der Waals surface area contributed by atoms with Crippen LogP contribution in [0.15, 0.2) is 30.3 Å². The number of rotatable bonds is 5. The Morgan fingerprint density at radius 2 is 1.68 bits per heavy atom. The summed E-state index contributed by atoms with van der Waals surface area (Å²) in [7, 11) is -1.65. The van der Waals surface area contributed by atoms with Crippen LogP contribution in [0, 0.1) is 0 Å². The van der Waals surface area contributed by atoms with Gasteiger partial charge in [-0.1, -0.05) is 77.5 Å². The Kier molecular flexibility index (Phi) is 5.14. The fraction of sp³-hybridized carbons (Fsp3) is 0.588. The molecule has 0 N–H and O–H groups in total. The van der Waals surface area contributed by atoms with Crippen molar-refractivity contribution in [3.63, 3.8) is 0 Å². The van der Waals surface area contributed by atoms with Crippen molar-refractivity contribution in [2.24, 2.45) is 0 Å². The molecule has 0 radical (unpaired) electrons. The zero-order valence-electron chi connectivity index (χ0n) is 13.3. The van der Waals surface area contributed by atoms with E-state index >= 15 is 0 Å². The lowest BCUT2D eigenvalue weighted by atomic mass is 10.1. The zero-order chi connectivity index (χ0) is 14.7. The Morgan fingerprint density at radius 3 is 2.11 bits per heavy atom. The average Bonchev–Trinajstić information content (AvgIpc) is 2.34. The van der Waals surface area contributed by atoms with Crippen molar-refractivity contribution in [1.29, 1.82) is 0 Å². The van der Waals surface area contributed by atoms with Gasteiger partial charge in [0.15, 0.2) is 5.78 Å². The Labute approximate surface area is 119 Å². The molecule has 2 heteroatoms. The molecule has 19 heavy (non-hydrogen) atoms. The van der Waals surface area contributed by atoms with E-state index in [1.54, 1.807) is 0 Å². The van der Waals surface area contributed by atoms with Crippen LogP contribution < -0.4 is 0 Å². The minimum Gasteiger partial charge on any atom is -0.294 e. The van der Waals surface area contributed by atoms with Gasteiger partial charge in [0, 0.05) is 11.1 Å². The molecule has 0 spiro atoms. The summed E-state index contributed by atoms with van der Waals surface area (Å²) in [5.41, 5.74) is 1.10. The lowest BCUT2D eigenvalue weighted by molar-refractivity contribution is 0.0975. The van der Waals surface area contributed by atoms with Crippen LogP contribution in [-0.2, 0) is 0 Å². The summed E-state index contributed by atoms with van der Waals surface area (Å²) in [6, 6.07) is 9.80. The lowest BCUT2D eigenvalue weighted by Gasteiger charge is -2.42. The van der Waals surface area contributed by atoms with E-state index in [1.807, 2.05) is 30.3 Å². The third-order valence-electron chi connectivity index (χ3n) is 4.76. The molecular formula is C17H28OSi. The normalized spacial score (nSPS) is 14.2. The summed E-state index contributed by atoms with van der Waals surface area (Å²) < 4.78 is 0. The first kappa shape index (κ1) is 16.2. The molecule has 0 aliphatic heterocycles. The highest BCUT2D eigenvalue weighted by molar-refractivity contribution is 6.84. The second-order valence-corrected chi connectivity index (χ2v) is 12.7. The quantitative estimate of drug-likeness (QED) is 0.509. The predicted molar refractivity (Wildman–Crippen MR) is 86.6 cm³/mol. The first-order chi connectivity index (χ1) is 8.71. The first-order valence-corrected chi connectivity index (χ1v) is 10.4. The molecule has 1 aromatic carbocycles. The van der Waals surface area contributed by atoms with Crippen molar-refractivity contribution in [3.05, 3.63) is 35.9 Å². The molecule has 1 nitrogen and oxygen atoms in total. The summed E-state index contributed by atoms with van der Waals surface area (Å²) in [6.07, 6.45) is 2.10. The summed E-state index contributed by atoms with van der Waals surface area (Å²) in [5.74, 6) is 0.356. The minimum atomic E-state index is -1.65. The third-order valence-corrected chi connectivity index (χ3v) is 10.9. The van der Waals surface area contributed by atoms with Gasteiger partial charge in [0.2, 0.25) is 0 Å². The topological polar surface area (TPSA) is 17.1 Å². The number of Topliss-reactive ketones (excluding diaryl/α,β-unsaturated/α-hetero) is 1. The van der Waals surface area contributed by atoms with E-state index in [1.165, 1.54) is 0 Å². The third kappa shape index (κ3) is 3.56. The highest BCUT2D eigenvalue weighted by Gasteiger charge is 2.44. The van der Waals surface area contributed by atoms with E-state index in [0.29, 0.717) is 5.78 Å². The summed E-state index contributed by atoms with van der Waals surface area (Å²) in [6.45, 7) is 13.8. The van der Waals surface area contributed by atoms with Crippen molar-refractivity contribution >= 4 is 13.9 Å². The maximum absolute atomic E-state index is 12.9. The fourth-order valence-electron chi connectivity index (χ4n) is 2.43. The van der Waals surface area contributed by atoms with E-state index in [-0.39, 0.29) is 10.6 Å². The van der Waals surface area contributed by atoms with E-state index in [4.69, 9.17) is 0 Å². The molecule has 0 saturated heterocycles. The van der Waals surface area contributed by atoms with Crippen LogP contribution in [0.5, 0.6) is 0 Å². The second-order valence-electron chi connectivity index (χ2n) is 7.04. The number of carbonyl (C=O) groups excluding carboxylic acids is 1. The smallest absolute Gasteiger partial charge is 0.163 e. The largest absolute Gasteiger partial charge is 0.294 e. The predicted octanol–water partition coefficient (Wildman–Crippen LogP) is 5.55. The maximum Gasteiger partial charge on any atom is 0.163 e. The monoisotopic (exact) mass is 276 g/mol. The van der Waals surface area contributed by atoms with Crippen LogP contribution in [0.4, 0.5) is 0 Å². The Balaban J connectivity index is 3.12. The summed E-state index contributed by atoms with van der Waals surface area (Å²) in [4.78, 5) is 12.9. The molecular weight excluding hydrogens is 248 g/mol. The molecule has 1 rings (SSSR count). The second kappa shape index (κ2) is 6.04. The van der Waals surface area contributed by atoms with E-state index < -0.39 is 8.07 Å². The van der Waals surface area contributed by atoms with Gasteiger partial charge in [-0.25, -0.2) is 0 Å². The highest BCUT2D eigenvalue weighted by atomic mass is 28.3. The van der Waals surface area contributed by atoms with E-state index in [2.05, 4.69) is 40.8 Å². The van der Waals surface area contributed by atoms with Gasteiger partial charge in [0.1, 0.15) is 0 Å². The first-order valence-electron chi connectivity index (χ1n) is 7.31. The van der Waals surface area contributed by atoms with Gasteiger partial charge < -0.3 is 0 Å². The molecule has 0 bridgehead atoms. The highest BCUT2D eigenvalue weighted by Crippen LogP contribution is 2.46. The summed E-state index contributed by atoms with van der Waals surface area (Å²) in [5, 5.41) is 0.247. The van der Waals surface area contributed by atoms with Crippen molar-refractivity contribution in [3.8, 4) is 0 Å². The number of carbonyl (C=O) groups is 1. The van der Waals surface area contributed by atoms with Crippen LogP contribution in [0.1, 0.15) is 50.9 Å².